The number of hydrogen-bond donors (Lipinski definition) is 0. The number of halogens is 1. The number of morpholine rings is 1. The van der Waals surface area contributed by atoms with Crippen molar-refractivity contribution in [2.24, 2.45) is 0 Å². The second-order valence-electron chi connectivity index (χ2n) is 7.72. The molecule has 4 rings (SSSR count). The predicted molar refractivity (Wildman–Crippen MR) is 105 cm³/mol. The second-order valence-corrected chi connectivity index (χ2v) is 7.72. The third-order valence-corrected chi connectivity index (χ3v) is 5.17. The van der Waals surface area contributed by atoms with Gasteiger partial charge in [0.15, 0.2) is 5.60 Å². The molecule has 1 saturated heterocycles. The second kappa shape index (κ2) is 7.48. The Balaban J connectivity index is 1.69. The molecule has 2 aromatic rings. The fourth-order valence-electron chi connectivity index (χ4n) is 3.58. The van der Waals surface area contributed by atoms with Gasteiger partial charge in [-0.25, -0.2) is 4.39 Å². The summed E-state index contributed by atoms with van der Waals surface area (Å²) in [4.78, 5) is 29.3. The Hall–Kier alpha value is -2.93. The van der Waals surface area contributed by atoms with Gasteiger partial charge in [-0.05, 0) is 49.7 Å². The van der Waals surface area contributed by atoms with E-state index in [1.165, 1.54) is 12.1 Å². The molecular weight excluding hydrogens is 375 g/mol. The number of carbonyl (C=O) groups is 2. The zero-order valence-corrected chi connectivity index (χ0v) is 16.5. The SMILES string of the molecule is CC1(C)Oc2ccc(C(=O)N3CCOCC3)cc2N(Cc2ccc(F)cc2)C1=O. The summed E-state index contributed by atoms with van der Waals surface area (Å²) in [6, 6.07) is 11.2. The molecule has 2 aliphatic heterocycles. The molecule has 6 nitrogen and oxygen atoms in total. The highest BCUT2D eigenvalue weighted by Crippen LogP contribution is 2.39. The van der Waals surface area contributed by atoms with Crippen molar-refractivity contribution < 1.29 is 23.5 Å². The Morgan fingerprint density at radius 2 is 1.79 bits per heavy atom. The van der Waals surface area contributed by atoms with Crippen LogP contribution in [0.25, 0.3) is 0 Å². The lowest BCUT2D eigenvalue weighted by Gasteiger charge is -2.39. The molecule has 2 amide bonds. The number of benzene rings is 2. The highest BCUT2D eigenvalue weighted by molar-refractivity contribution is 6.04. The summed E-state index contributed by atoms with van der Waals surface area (Å²) in [6.07, 6.45) is 0. The van der Waals surface area contributed by atoms with E-state index < -0.39 is 5.60 Å². The Kier molecular flexibility index (Phi) is 5.00. The maximum absolute atomic E-state index is 13.3. The molecule has 0 atom stereocenters. The molecule has 0 aromatic heterocycles. The third kappa shape index (κ3) is 3.82. The van der Waals surface area contributed by atoms with E-state index in [2.05, 4.69) is 0 Å². The lowest BCUT2D eigenvalue weighted by Crippen LogP contribution is -2.52. The molecule has 2 heterocycles. The van der Waals surface area contributed by atoms with Crippen molar-refractivity contribution in [2.75, 3.05) is 31.2 Å². The van der Waals surface area contributed by atoms with E-state index in [9.17, 15) is 14.0 Å². The summed E-state index contributed by atoms with van der Waals surface area (Å²) in [5, 5.41) is 0. The topological polar surface area (TPSA) is 59.1 Å². The molecule has 7 heteroatoms. The largest absolute Gasteiger partial charge is 0.476 e. The van der Waals surface area contributed by atoms with Crippen LogP contribution in [-0.2, 0) is 16.1 Å². The number of ether oxygens (including phenoxy) is 2. The summed E-state index contributed by atoms with van der Waals surface area (Å²) < 4.78 is 24.5. The molecular formula is C22H23FN2O4. The maximum Gasteiger partial charge on any atom is 0.271 e. The smallest absolute Gasteiger partial charge is 0.271 e. The highest BCUT2D eigenvalue weighted by atomic mass is 19.1. The average Bonchev–Trinajstić information content (AvgIpc) is 2.72. The first-order chi connectivity index (χ1) is 13.8. The Morgan fingerprint density at radius 3 is 2.48 bits per heavy atom. The highest BCUT2D eigenvalue weighted by Gasteiger charge is 2.41. The normalized spacial score (nSPS) is 18.2. The molecule has 2 aliphatic rings. The van der Waals surface area contributed by atoms with E-state index in [0.717, 1.165) is 5.56 Å². The number of nitrogens with zero attached hydrogens (tertiary/aromatic N) is 2. The van der Waals surface area contributed by atoms with Crippen LogP contribution < -0.4 is 9.64 Å². The van der Waals surface area contributed by atoms with Crippen LogP contribution in [0.1, 0.15) is 29.8 Å². The summed E-state index contributed by atoms with van der Waals surface area (Å²) in [6.45, 7) is 5.79. The van der Waals surface area contributed by atoms with Gasteiger partial charge in [0.2, 0.25) is 0 Å². The van der Waals surface area contributed by atoms with Gasteiger partial charge in [0.25, 0.3) is 11.8 Å². The fraction of sp³-hybridized carbons (Fsp3) is 0.364. The minimum absolute atomic E-state index is 0.102. The van der Waals surface area contributed by atoms with Crippen molar-refractivity contribution in [2.45, 2.75) is 26.0 Å². The van der Waals surface area contributed by atoms with Crippen molar-refractivity contribution in [1.82, 2.24) is 4.90 Å². The summed E-state index contributed by atoms with van der Waals surface area (Å²) >= 11 is 0. The van der Waals surface area contributed by atoms with Crippen LogP contribution in [0.3, 0.4) is 0 Å². The number of amides is 2. The van der Waals surface area contributed by atoms with Gasteiger partial charge < -0.3 is 19.3 Å². The molecule has 0 radical (unpaired) electrons. The van der Waals surface area contributed by atoms with Gasteiger partial charge in [0, 0.05) is 18.7 Å². The van der Waals surface area contributed by atoms with Gasteiger partial charge in [-0.3, -0.25) is 9.59 Å². The predicted octanol–water partition coefficient (Wildman–Crippen LogP) is 3.00. The number of anilines is 1. The maximum atomic E-state index is 13.3. The van der Waals surface area contributed by atoms with Crippen LogP contribution in [0.2, 0.25) is 0 Å². The molecule has 0 aliphatic carbocycles. The molecule has 0 saturated carbocycles. The summed E-state index contributed by atoms with van der Waals surface area (Å²) in [7, 11) is 0. The Bertz CT molecular complexity index is 936. The Morgan fingerprint density at radius 1 is 1.10 bits per heavy atom. The lowest BCUT2D eigenvalue weighted by molar-refractivity contribution is -0.132. The molecule has 1 fully saturated rings. The average molecular weight is 398 g/mol. The first-order valence-electron chi connectivity index (χ1n) is 9.62. The number of hydrogen-bond acceptors (Lipinski definition) is 4. The summed E-state index contributed by atoms with van der Waals surface area (Å²) in [5.41, 5.74) is 0.778. The van der Waals surface area contributed by atoms with E-state index in [0.29, 0.717) is 43.3 Å². The van der Waals surface area contributed by atoms with E-state index in [1.807, 2.05) is 0 Å². The monoisotopic (exact) mass is 398 g/mol. The zero-order chi connectivity index (χ0) is 20.6. The van der Waals surface area contributed by atoms with Gasteiger partial charge >= 0.3 is 0 Å². The van der Waals surface area contributed by atoms with Crippen molar-refractivity contribution >= 4 is 17.5 Å². The fourth-order valence-corrected chi connectivity index (χ4v) is 3.58. The van der Waals surface area contributed by atoms with Gasteiger partial charge in [-0.2, -0.15) is 0 Å². The quantitative estimate of drug-likeness (QED) is 0.798. The van der Waals surface area contributed by atoms with E-state index in [1.54, 1.807) is 54.0 Å². The van der Waals surface area contributed by atoms with Crippen molar-refractivity contribution in [3.8, 4) is 5.75 Å². The van der Waals surface area contributed by atoms with Crippen LogP contribution >= 0.6 is 0 Å². The third-order valence-electron chi connectivity index (χ3n) is 5.17. The molecule has 2 aromatic carbocycles. The van der Waals surface area contributed by atoms with Crippen LogP contribution in [-0.4, -0.2) is 48.6 Å². The van der Waals surface area contributed by atoms with E-state index in [-0.39, 0.29) is 24.2 Å². The molecule has 152 valence electrons. The van der Waals surface area contributed by atoms with Crippen LogP contribution in [0, 0.1) is 5.82 Å². The first kappa shape index (κ1) is 19.4. The van der Waals surface area contributed by atoms with Gasteiger partial charge in [-0.1, -0.05) is 12.1 Å². The van der Waals surface area contributed by atoms with Crippen molar-refractivity contribution in [3.63, 3.8) is 0 Å². The number of fused-ring (bicyclic) bond motifs is 1. The van der Waals surface area contributed by atoms with Crippen LogP contribution in [0.15, 0.2) is 42.5 Å². The van der Waals surface area contributed by atoms with Crippen LogP contribution in [0.4, 0.5) is 10.1 Å². The molecule has 29 heavy (non-hydrogen) atoms. The minimum atomic E-state index is -1.04. The first-order valence-corrected chi connectivity index (χ1v) is 9.62. The van der Waals surface area contributed by atoms with Gasteiger partial charge in [0.1, 0.15) is 11.6 Å². The van der Waals surface area contributed by atoms with Crippen molar-refractivity contribution in [1.29, 1.82) is 0 Å². The molecule has 0 spiro atoms. The Labute approximate surface area is 168 Å². The lowest BCUT2D eigenvalue weighted by atomic mass is 10.0. The molecule has 0 bridgehead atoms. The van der Waals surface area contributed by atoms with Crippen LogP contribution in [0.5, 0.6) is 5.75 Å². The number of carbonyl (C=O) groups excluding carboxylic acids is 2. The molecule has 0 N–H and O–H groups in total. The van der Waals surface area contributed by atoms with E-state index >= 15 is 0 Å². The number of rotatable bonds is 3. The van der Waals surface area contributed by atoms with Gasteiger partial charge in [-0.15, -0.1) is 0 Å². The van der Waals surface area contributed by atoms with E-state index in [4.69, 9.17) is 9.47 Å². The zero-order valence-electron chi connectivity index (χ0n) is 16.5. The van der Waals surface area contributed by atoms with Crippen molar-refractivity contribution in [3.05, 3.63) is 59.4 Å². The summed E-state index contributed by atoms with van der Waals surface area (Å²) in [5.74, 6) is -0.114. The van der Waals surface area contributed by atoms with Gasteiger partial charge in [0.05, 0.1) is 25.4 Å². The minimum Gasteiger partial charge on any atom is -0.476 e. The standard InChI is InChI=1S/C22H23FN2O4/c1-22(2)21(27)25(14-15-3-6-17(23)7-4-15)18-13-16(5-8-19(18)29-22)20(26)24-9-11-28-12-10-24/h3-8,13H,9-12,14H2,1-2H3. The molecule has 0 unspecified atom stereocenters.